The predicted octanol–water partition coefficient (Wildman–Crippen LogP) is 5.51. The molecular formula is C27H32ClN3O5. The molecule has 1 aromatic heterocycles. The number of halogens is 1. The normalized spacial score (nSPS) is 14.9. The number of nitrogens with zero attached hydrogens (tertiary/aromatic N) is 2. The number of ether oxygens (including phenoxy) is 3. The van der Waals surface area contributed by atoms with Gasteiger partial charge in [0.1, 0.15) is 17.1 Å². The summed E-state index contributed by atoms with van der Waals surface area (Å²) in [7, 11) is 1.60. The van der Waals surface area contributed by atoms with Crippen molar-refractivity contribution in [2.45, 2.75) is 39.7 Å². The SMILES string of the molecule is CCCCOc1ccc(C2c3c(-c4cc(Cl)c(C)cc4O)n[nH]c3C(=O)N2CCOC)cc1OCC. The molecule has 1 amide bonds. The van der Waals surface area contributed by atoms with Crippen molar-refractivity contribution < 1.29 is 24.1 Å². The molecule has 9 heteroatoms. The number of rotatable bonds is 11. The van der Waals surface area contributed by atoms with Crippen LogP contribution in [0, 0.1) is 6.92 Å². The lowest BCUT2D eigenvalue weighted by Crippen LogP contribution is -2.32. The van der Waals surface area contributed by atoms with Crippen molar-refractivity contribution in [3.05, 3.63) is 57.7 Å². The number of carbonyl (C=O) groups excluding carboxylic acids is 1. The highest BCUT2D eigenvalue weighted by atomic mass is 35.5. The number of fused-ring (bicyclic) bond motifs is 1. The van der Waals surface area contributed by atoms with Gasteiger partial charge >= 0.3 is 0 Å². The minimum absolute atomic E-state index is 0.0439. The number of H-pyrrole nitrogens is 1. The minimum Gasteiger partial charge on any atom is -0.507 e. The van der Waals surface area contributed by atoms with Gasteiger partial charge in [-0.15, -0.1) is 0 Å². The molecule has 1 aliphatic rings. The first-order chi connectivity index (χ1) is 17.4. The summed E-state index contributed by atoms with van der Waals surface area (Å²) in [5.74, 6) is 1.13. The van der Waals surface area contributed by atoms with Crippen LogP contribution in [0.3, 0.4) is 0 Å². The summed E-state index contributed by atoms with van der Waals surface area (Å²) in [6.45, 7) is 7.67. The molecule has 0 spiro atoms. The summed E-state index contributed by atoms with van der Waals surface area (Å²) in [4.78, 5) is 15.2. The molecule has 1 atom stereocenters. The van der Waals surface area contributed by atoms with Crippen LogP contribution in [0.25, 0.3) is 11.3 Å². The van der Waals surface area contributed by atoms with Crippen LogP contribution >= 0.6 is 11.6 Å². The van der Waals surface area contributed by atoms with E-state index < -0.39 is 6.04 Å². The number of hydrogen-bond acceptors (Lipinski definition) is 6. The number of nitrogens with one attached hydrogen (secondary N) is 1. The van der Waals surface area contributed by atoms with E-state index in [0.717, 1.165) is 24.0 Å². The fraction of sp³-hybridized carbons (Fsp3) is 0.407. The molecule has 3 aromatic rings. The van der Waals surface area contributed by atoms with Crippen LogP contribution in [0.5, 0.6) is 17.2 Å². The molecular weight excluding hydrogens is 482 g/mol. The van der Waals surface area contributed by atoms with Gasteiger partial charge in [0.25, 0.3) is 5.91 Å². The van der Waals surface area contributed by atoms with Crippen molar-refractivity contribution in [1.29, 1.82) is 0 Å². The number of unbranched alkanes of at least 4 members (excludes halogenated alkanes) is 1. The standard InChI is InChI=1S/C27H32ClN3O5/c1-5-7-11-36-21-9-8-17(14-22(21)35-6-2)26-23-24(18-15-19(28)16(3)13-20(18)32)29-30-25(23)27(33)31(26)10-12-34-4/h8-9,13-15,26,32H,5-7,10-12H2,1-4H3,(H,29,30). The predicted molar refractivity (Wildman–Crippen MR) is 138 cm³/mol. The van der Waals surface area contributed by atoms with Crippen molar-refractivity contribution in [3.63, 3.8) is 0 Å². The third-order valence-electron chi connectivity index (χ3n) is 6.27. The van der Waals surface area contributed by atoms with Crippen LogP contribution < -0.4 is 9.47 Å². The minimum atomic E-state index is -0.472. The van der Waals surface area contributed by atoms with Crippen molar-refractivity contribution in [3.8, 4) is 28.5 Å². The van der Waals surface area contributed by atoms with Gasteiger partial charge in [-0.3, -0.25) is 9.89 Å². The second kappa shape index (κ2) is 11.2. The van der Waals surface area contributed by atoms with Gasteiger partial charge in [0.15, 0.2) is 11.5 Å². The van der Waals surface area contributed by atoms with Crippen LogP contribution in [0.15, 0.2) is 30.3 Å². The molecule has 0 fully saturated rings. The first kappa shape index (κ1) is 25.9. The van der Waals surface area contributed by atoms with Gasteiger partial charge in [0.05, 0.1) is 25.9 Å². The molecule has 36 heavy (non-hydrogen) atoms. The van der Waals surface area contributed by atoms with Gasteiger partial charge in [0, 0.05) is 29.8 Å². The largest absolute Gasteiger partial charge is 0.507 e. The number of phenols is 1. The van der Waals surface area contributed by atoms with Crippen LogP contribution in [-0.4, -0.2) is 59.6 Å². The summed E-state index contributed by atoms with van der Waals surface area (Å²) in [5, 5.41) is 18.6. The number of amides is 1. The van der Waals surface area contributed by atoms with Crippen LogP contribution in [0.1, 0.15) is 59.9 Å². The Labute approximate surface area is 216 Å². The topological polar surface area (TPSA) is 96.9 Å². The van der Waals surface area contributed by atoms with E-state index in [1.807, 2.05) is 32.0 Å². The fourth-order valence-electron chi connectivity index (χ4n) is 4.43. The van der Waals surface area contributed by atoms with E-state index in [4.69, 9.17) is 25.8 Å². The third-order valence-corrected chi connectivity index (χ3v) is 6.68. The molecule has 2 aromatic carbocycles. The number of methoxy groups -OCH3 is 1. The number of phenolic OH excluding ortho intramolecular Hbond substituents is 1. The second-order valence-corrected chi connectivity index (χ2v) is 9.12. The Morgan fingerprint density at radius 2 is 1.94 bits per heavy atom. The van der Waals surface area contributed by atoms with E-state index in [9.17, 15) is 9.90 Å². The zero-order valence-electron chi connectivity index (χ0n) is 21.1. The molecule has 2 heterocycles. The molecule has 0 bridgehead atoms. The third kappa shape index (κ3) is 4.88. The first-order valence-corrected chi connectivity index (χ1v) is 12.6. The Kier molecular flexibility index (Phi) is 8.06. The monoisotopic (exact) mass is 513 g/mol. The number of carbonyl (C=O) groups is 1. The van der Waals surface area contributed by atoms with E-state index in [-0.39, 0.29) is 11.7 Å². The molecule has 8 nitrogen and oxygen atoms in total. The smallest absolute Gasteiger partial charge is 0.273 e. The number of aromatic hydroxyl groups is 1. The highest BCUT2D eigenvalue weighted by Gasteiger charge is 2.42. The molecule has 4 rings (SSSR count). The quantitative estimate of drug-likeness (QED) is 0.328. The fourth-order valence-corrected chi connectivity index (χ4v) is 4.60. The number of aromatic amines is 1. The van der Waals surface area contributed by atoms with Crippen molar-refractivity contribution >= 4 is 17.5 Å². The zero-order valence-corrected chi connectivity index (χ0v) is 21.8. The maximum absolute atomic E-state index is 13.4. The Morgan fingerprint density at radius 1 is 1.14 bits per heavy atom. The Bertz CT molecular complexity index is 1240. The van der Waals surface area contributed by atoms with Gasteiger partial charge in [-0.05, 0) is 55.7 Å². The molecule has 1 unspecified atom stereocenters. The van der Waals surface area contributed by atoms with E-state index in [2.05, 4.69) is 17.1 Å². The molecule has 0 aliphatic carbocycles. The number of hydrogen-bond donors (Lipinski definition) is 2. The van der Waals surface area contributed by atoms with E-state index in [1.54, 1.807) is 24.1 Å². The second-order valence-electron chi connectivity index (χ2n) is 8.71. The molecule has 0 radical (unpaired) electrons. The van der Waals surface area contributed by atoms with Crippen LogP contribution in [-0.2, 0) is 4.74 Å². The molecule has 0 saturated heterocycles. The molecule has 0 saturated carbocycles. The van der Waals surface area contributed by atoms with Crippen LogP contribution in [0.2, 0.25) is 5.02 Å². The molecule has 1 aliphatic heterocycles. The number of benzene rings is 2. The lowest BCUT2D eigenvalue weighted by atomic mass is 9.95. The van der Waals surface area contributed by atoms with Crippen LogP contribution in [0.4, 0.5) is 0 Å². The number of aromatic nitrogens is 2. The zero-order chi connectivity index (χ0) is 25.8. The van der Waals surface area contributed by atoms with E-state index >= 15 is 0 Å². The number of aryl methyl sites for hydroxylation is 1. The van der Waals surface area contributed by atoms with Crippen molar-refractivity contribution in [2.75, 3.05) is 33.5 Å². The summed E-state index contributed by atoms with van der Waals surface area (Å²) in [6, 6.07) is 8.54. The Balaban J connectivity index is 1.84. The van der Waals surface area contributed by atoms with Crippen molar-refractivity contribution in [2.24, 2.45) is 0 Å². The summed E-state index contributed by atoms with van der Waals surface area (Å²) in [5.41, 5.74) is 3.57. The summed E-state index contributed by atoms with van der Waals surface area (Å²) in [6.07, 6.45) is 1.97. The Morgan fingerprint density at radius 3 is 2.67 bits per heavy atom. The van der Waals surface area contributed by atoms with Gasteiger partial charge < -0.3 is 24.2 Å². The lowest BCUT2D eigenvalue weighted by molar-refractivity contribution is 0.0677. The maximum atomic E-state index is 13.4. The average Bonchev–Trinajstić information content (AvgIpc) is 3.40. The summed E-state index contributed by atoms with van der Waals surface area (Å²) >= 11 is 6.38. The summed E-state index contributed by atoms with van der Waals surface area (Å²) < 4.78 is 17.2. The van der Waals surface area contributed by atoms with Gasteiger partial charge in [-0.25, -0.2) is 0 Å². The Hall–Kier alpha value is -3.23. The van der Waals surface area contributed by atoms with E-state index in [0.29, 0.717) is 65.4 Å². The highest BCUT2D eigenvalue weighted by Crippen LogP contribution is 2.46. The van der Waals surface area contributed by atoms with Gasteiger partial charge in [-0.1, -0.05) is 31.0 Å². The average molecular weight is 514 g/mol. The van der Waals surface area contributed by atoms with E-state index in [1.165, 1.54) is 0 Å². The molecule has 2 N–H and O–H groups in total. The van der Waals surface area contributed by atoms with Gasteiger partial charge in [0.2, 0.25) is 0 Å². The van der Waals surface area contributed by atoms with Crippen molar-refractivity contribution in [1.82, 2.24) is 15.1 Å². The highest BCUT2D eigenvalue weighted by molar-refractivity contribution is 6.31. The van der Waals surface area contributed by atoms with Gasteiger partial charge in [-0.2, -0.15) is 5.10 Å². The first-order valence-electron chi connectivity index (χ1n) is 12.2. The molecule has 192 valence electrons. The maximum Gasteiger partial charge on any atom is 0.273 e. The lowest BCUT2D eigenvalue weighted by Gasteiger charge is -2.27.